The molecule has 64 valence electrons. The van der Waals surface area contributed by atoms with Crippen molar-refractivity contribution in [1.82, 2.24) is 0 Å². The minimum Gasteiger partial charge on any atom is -0.403 e. The summed E-state index contributed by atoms with van der Waals surface area (Å²) < 4.78 is 0. The highest BCUT2D eigenvalue weighted by atomic mass is 14.7. The summed E-state index contributed by atoms with van der Waals surface area (Å²) in [6.07, 6.45) is 6.94. The fourth-order valence-electron chi connectivity index (χ4n) is 0.290. The van der Waals surface area contributed by atoms with Crippen LogP contribution in [0.25, 0.3) is 0 Å². The van der Waals surface area contributed by atoms with Crippen molar-refractivity contribution in [2.45, 2.75) is 27.7 Å². The number of allylic oxidation sites excluding steroid dienone is 3. The van der Waals surface area contributed by atoms with Crippen LogP contribution >= 0.6 is 0 Å². The van der Waals surface area contributed by atoms with E-state index in [-0.39, 0.29) is 0 Å². The number of hydrogen-bond donors (Lipinski definition) is 1. The van der Waals surface area contributed by atoms with E-state index in [4.69, 9.17) is 5.73 Å². The summed E-state index contributed by atoms with van der Waals surface area (Å²) in [5.41, 5.74) is 5.98. The number of rotatable bonds is 2. The van der Waals surface area contributed by atoms with E-state index >= 15 is 0 Å². The number of hydrogen-bond acceptors (Lipinski definition) is 2. The Morgan fingerprint density at radius 1 is 1.36 bits per heavy atom. The highest BCUT2D eigenvalue weighted by molar-refractivity contribution is 5.71. The van der Waals surface area contributed by atoms with Gasteiger partial charge in [0.1, 0.15) is 0 Å². The third-order valence-electron chi connectivity index (χ3n) is 0.798. The molecule has 2 nitrogen and oxygen atoms in total. The maximum atomic E-state index is 5.15. The summed E-state index contributed by atoms with van der Waals surface area (Å²) >= 11 is 0. The molecular weight excluding hydrogens is 136 g/mol. The SMILES string of the molecule is CC.C\C=C/C=N\C(C)=C/N. The van der Waals surface area contributed by atoms with Crippen molar-refractivity contribution in [3.05, 3.63) is 24.0 Å². The van der Waals surface area contributed by atoms with Crippen LogP contribution in [-0.4, -0.2) is 6.21 Å². The van der Waals surface area contributed by atoms with Crippen LogP contribution in [0.3, 0.4) is 0 Å². The molecule has 0 rings (SSSR count). The minimum atomic E-state index is 0.827. The summed E-state index contributed by atoms with van der Waals surface area (Å²) in [7, 11) is 0. The average Bonchev–Trinajstić information content (AvgIpc) is 2.08. The van der Waals surface area contributed by atoms with E-state index in [0.717, 1.165) is 5.70 Å². The van der Waals surface area contributed by atoms with Gasteiger partial charge in [-0.25, -0.2) is 0 Å². The van der Waals surface area contributed by atoms with E-state index in [0.29, 0.717) is 0 Å². The molecule has 2 heteroatoms. The largest absolute Gasteiger partial charge is 0.403 e. The maximum Gasteiger partial charge on any atom is 0.0526 e. The lowest BCUT2D eigenvalue weighted by Crippen LogP contribution is -1.80. The molecule has 0 saturated carbocycles. The molecule has 0 heterocycles. The normalized spacial score (nSPS) is 11.8. The van der Waals surface area contributed by atoms with Crippen molar-refractivity contribution in [1.29, 1.82) is 0 Å². The maximum absolute atomic E-state index is 5.15. The van der Waals surface area contributed by atoms with Crippen molar-refractivity contribution in [2.24, 2.45) is 10.7 Å². The first kappa shape index (κ1) is 12.6. The smallest absolute Gasteiger partial charge is 0.0526 e. The van der Waals surface area contributed by atoms with Crippen LogP contribution < -0.4 is 5.73 Å². The first-order valence-electron chi connectivity index (χ1n) is 3.85. The topological polar surface area (TPSA) is 38.4 Å². The minimum absolute atomic E-state index is 0.827. The predicted molar refractivity (Wildman–Crippen MR) is 52.6 cm³/mol. The van der Waals surface area contributed by atoms with Gasteiger partial charge in [-0.15, -0.1) is 0 Å². The lowest BCUT2D eigenvalue weighted by molar-refractivity contribution is 1.28. The van der Waals surface area contributed by atoms with Crippen LogP contribution in [0.2, 0.25) is 0 Å². The molecule has 2 N–H and O–H groups in total. The number of nitrogens with zero attached hydrogens (tertiary/aromatic N) is 1. The molecule has 0 unspecified atom stereocenters. The summed E-state index contributed by atoms with van der Waals surface area (Å²) in [4.78, 5) is 3.96. The summed E-state index contributed by atoms with van der Waals surface area (Å²) in [5, 5.41) is 0. The van der Waals surface area contributed by atoms with E-state index in [2.05, 4.69) is 4.99 Å². The molecule has 0 fully saturated rings. The summed E-state index contributed by atoms with van der Waals surface area (Å²) in [5.74, 6) is 0. The fourth-order valence-corrected chi connectivity index (χ4v) is 0.290. The summed E-state index contributed by atoms with van der Waals surface area (Å²) in [6.45, 7) is 7.79. The first-order valence-corrected chi connectivity index (χ1v) is 3.85. The molecule has 0 amide bonds. The van der Waals surface area contributed by atoms with Gasteiger partial charge >= 0.3 is 0 Å². The highest BCUT2D eigenvalue weighted by Crippen LogP contribution is 1.87. The molecule has 0 aliphatic carbocycles. The van der Waals surface area contributed by atoms with Gasteiger partial charge in [0.05, 0.1) is 5.70 Å². The third kappa shape index (κ3) is 12.2. The monoisotopic (exact) mass is 154 g/mol. The van der Waals surface area contributed by atoms with Gasteiger partial charge in [0, 0.05) is 12.4 Å². The lowest BCUT2D eigenvalue weighted by Gasteiger charge is -1.83. The summed E-state index contributed by atoms with van der Waals surface area (Å²) in [6, 6.07) is 0. The molecule has 0 aliphatic heterocycles. The molecule has 0 bridgehead atoms. The Bertz CT molecular complexity index is 144. The Morgan fingerprint density at radius 2 is 1.91 bits per heavy atom. The van der Waals surface area contributed by atoms with Gasteiger partial charge < -0.3 is 5.73 Å². The Labute approximate surface area is 69.5 Å². The number of aliphatic imine (C=N–C) groups is 1. The van der Waals surface area contributed by atoms with Gasteiger partial charge in [-0.05, 0) is 19.9 Å². The van der Waals surface area contributed by atoms with Crippen molar-refractivity contribution >= 4 is 6.21 Å². The Balaban J connectivity index is 0. The van der Waals surface area contributed by atoms with Gasteiger partial charge in [0.25, 0.3) is 0 Å². The van der Waals surface area contributed by atoms with Gasteiger partial charge in [-0.1, -0.05) is 19.9 Å². The van der Waals surface area contributed by atoms with Crippen molar-refractivity contribution < 1.29 is 0 Å². The van der Waals surface area contributed by atoms with Crippen LogP contribution in [0.15, 0.2) is 29.0 Å². The zero-order valence-electron chi connectivity index (χ0n) is 7.83. The average molecular weight is 154 g/mol. The van der Waals surface area contributed by atoms with Crippen LogP contribution in [0.5, 0.6) is 0 Å². The molecule has 0 aromatic carbocycles. The van der Waals surface area contributed by atoms with E-state index in [1.165, 1.54) is 6.20 Å². The molecule has 0 aliphatic rings. The molecule has 0 aromatic heterocycles. The fraction of sp³-hybridized carbons (Fsp3) is 0.444. The Hall–Kier alpha value is -1.05. The van der Waals surface area contributed by atoms with E-state index in [1.807, 2.05) is 39.8 Å². The van der Waals surface area contributed by atoms with Crippen LogP contribution in [-0.2, 0) is 0 Å². The molecule has 11 heavy (non-hydrogen) atoms. The van der Waals surface area contributed by atoms with Crippen molar-refractivity contribution in [2.75, 3.05) is 0 Å². The quantitative estimate of drug-likeness (QED) is 0.610. The number of nitrogens with two attached hydrogens (primary N) is 1. The van der Waals surface area contributed by atoms with E-state index in [1.54, 1.807) is 6.21 Å². The van der Waals surface area contributed by atoms with E-state index in [9.17, 15) is 0 Å². The van der Waals surface area contributed by atoms with Crippen LogP contribution in [0, 0.1) is 0 Å². The van der Waals surface area contributed by atoms with Crippen molar-refractivity contribution in [3.8, 4) is 0 Å². The van der Waals surface area contributed by atoms with Crippen LogP contribution in [0.1, 0.15) is 27.7 Å². The zero-order valence-corrected chi connectivity index (χ0v) is 7.83. The first-order chi connectivity index (χ1) is 5.31. The molecule has 0 radical (unpaired) electrons. The Morgan fingerprint density at radius 3 is 2.27 bits per heavy atom. The molecular formula is C9H18N2. The van der Waals surface area contributed by atoms with Gasteiger partial charge in [-0.3, -0.25) is 4.99 Å². The molecule has 0 atom stereocenters. The van der Waals surface area contributed by atoms with Gasteiger partial charge in [-0.2, -0.15) is 0 Å². The third-order valence-corrected chi connectivity index (χ3v) is 0.798. The van der Waals surface area contributed by atoms with Crippen molar-refractivity contribution in [3.63, 3.8) is 0 Å². The van der Waals surface area contributed by atoms with E-state index < -0.39 is 0 Å². The molecule has 0 saturated heterocycles. The molecule has 0 aromatic rings. The standard InChI is InChI=1S/C7H12N2.C2H6/c1-3-4-5-9-7(2)6-8;1-2/h3-6H,8H2,1-2H3;1-2H3/b4-3-,7-6-,9-5-;. The second kappa shape index (κ2) is 11.7. The van der Waals surface area contributed by atoms with Gasteiger partial charge in [0.15, 0.2) is 0 Å². The highest BCUT2D eigenvalue weighted by Gasteiger charge is 1.72. The second-order valence-corrected chi connectivity index (χ2v) is 1.61. The van der Waals surface area contributed by atoms with Gasteiger partial charge in [0.2, 0.25) is 0 Å². The second-order valence-electron chi connectivity index (χ2n) is 1.61. The lowest BCUT2D eigenvalue weighted by atomic mass is 10.5. The Kier molecular flexibility index (Phi) is 13.4. The zero-order chi connectivity index (χ0) is 9.11. The van der Waals surface area contributed by atoms with Crippen LogP contribution in [0.4, 0.5) is 0 Å². The predicted octanol–water partition coefficient (Wildman–Crippen LogP) is 2.48. The molecule has 0 spiro atoms.